The SMILES string of the molecule is COc1cc(/C(C)=C2\SC(=S)N(CC(=O)N(C)C)C2=O)cc(F)c1OCC(=O)OCc1ccccc1. The van der Waals surface area contributed by atoms with Crippen molar-refractivity contribution in [2.24, 2.45) is 0 Å². The lowest BCUT2D eigenvalue weighted by Crippen LogP contribution is -2.38. The summed E-state index contributed by atoms with van der Waals surface area (Å²) >= 11 is 6.32. The number of likely N-dealkylation sites (N-methyl/N-ethyl adjacent to an activating group) is 1. The van der Waals surface area contributed by atoms with E-state index in [4.69, 9.17) is 26.4 Å². The van der Waals surface area contributed by atoms with Crippen LogP contribution in [0.5, 0.6) is 11.5 Å². The smallest absolute Gasteiger partial charge is 0.344 e. The number of esters is 1. The molecule has 0 N–H and O–H groups in total. The molecule has 0 atom stereocenters. The number of benzene rings is 2. The summed E-state index contributed by atoms with van der Waals surface area (Å²) in [5.41, 5.74) is 1.63. The highest BCUT2D eigenvalue weighted by molar-refractivity contribution is 8.26. The zero-order chi connectivity index (χ0) is 26.4. The maximum absolute atomic E-state index is 15.0. The van der Waals surface area contributed by atoms with Gasteiger partial charge in [0.05, 0.1) is 12.0 Å². The second-order valence-electron chi connectivity index (χ2n) is 7.93. The molecular weight excluding hydrogens is 507 g/mol. The summed E-state index contributed by atoms with van der Waals surface area (Å²) in [6, 6.07) is 11.8. The Morgan fingerprint density at radius 2 is 1.86 bits per heavy atom. The quantitative estimate of drug-likeness (QED) is 0.275. The van der Waals surface area contributed by atoms with Gasteiger partial charge in [-0.3, -0.25) is 14.5 Å². The summed E-state index contributed by atoms with van der Waals surface area (Å²) in [6.07, 6.45) is 0. The number of carbonyl (C=O) groups excluding carboxylic acids is 3. The number of amides is 2. The first-order valence-corrected chi connectivity index (χ1v) is 12.0. The van der Waals surface area contributed by atoms with E-state index in [1.54, 1.807) is 21.0 Å². The number of ether oxygens (including phenoxy) is 3. The summed E-state index contributed by atoms with van der Waals surface area (Å²) in [7, 11) is 4.51. The second kappa shape index (κ2) is 12.0. The molecule has 1 aliphatic rings. The molecule has 8 nitrogen and oxygen atoms in total. The van der Waals surface area contributed by atoms with E-state index in [1.165, 1.54) is 29.0 Å². The van der Waals surface area contributed by atoms with Crippen molar-refractivity contribution in [2.75, 3.05) is 34.4 Å². The number of hydrogen-bond acceptors (Lipinski definition) is 8. The molecule has 1 saturated heterocycles. The highest BCUT2D eigenvalue weighted by Gasteiger charge is 2.35. The third-order valence-electron chi connectivity index (χ3n) is 5.22. The second-order valence-corrected chi connectivity index (χ2v) is 9.57. The van der Waals surface area contributed by atoms with Gasteiger partial charge in [0.15, 0.2) is 23.9 Å². The maximum Gasteiger partial charge on any atom is 0.344 e. The third kappa shape index (κ3) is 6.41. The van der Waals surface area contributed by atoms with Gasteiger partial charge >= 0.3 is 5.97 Å². The van der Waals surface area contributed by atoms with E-state index in [-0.39, 0.29) is 39.8 Å². The van der Waals surface area contributed by atoms with Gasteiger partial charge in [0, 0.05) is 14.1 Å². The standard InChI is InChI=1S/C25H25FN2O6S2/c1-15(23-24(31)28(25(35)36-23)12-20(29)27(2)3)17-10-18(26)22(19(11-17)32-4)34-14-21(30)33-13-16-8-6-5-7-9-16/h5-11H,12-14H2,1-4H3/b23-15-. The first kappa shape index (κ1) is 27.2. The van der Waals surface area contributed by atoms with E-state index in [2.05, 4.69) is 0 Å². The average Bonchev–Trinajstić information content (AvgIpc) is 3.14. The molecule has 0 aromatic heterocycles. The molecule has 1 aliphatic heterocycles. The Hall–Kier alpha value is -3.44. The van der Waals surface area contributed by atoms with Gasteiger partial charge in [0.25, 0.3) is 5.91 Å². The molecule has 0 aliphatic carbocycles. The van der Waals surface area contributed by atoms with Crippen LogP contribution in [0.2, 0.25) is 0 Å². The molecule has 1 heterocycles. The van der Waals surface area contributed by atoms with Crippen molar-refractivity contribution in [1.29, 1.82) is 0 Å². The largest absolute Gasteiger partial charge is 0.493 e. The molecule has 1 fully saturated rings. The van der Waals surface area contributed by atoms with Crippen LogP contribution >= 0.6 is 24.0 Å². The molecule has 190 valence electrons. The Morgan fingerprint density at radius 1 is 1.17 bits per heavy atom. The molecule has 2 amide bonds. The minimum atomic E-state index is -0.780. The van der Waals surface area contributed by atoms with Crippen LogP contribution in [-0.2, 0) is 25.7 Å². The van der Waals surface area contributed by atoms with Crippen molar-refractivity contribution in [2.45, 2.75) is 13.5 Å². The monoisotopic (exact) mass is 532 g/mol. The normalized spacial score (nSPS) is 14.5. The van der Waals surface area contributed by atoms with Gasteiger partial charge in [-0.15, -0.1) is 0 Å². The molecule has 11 heteroatoms. The highest BCUT2D eigenvalue weighted by atomic mass is 32.2. The predicted octanol–water partition coefficient (Wildman–Crippen LogP) is 3.64. The van der Waals surface area contributed by atoms with E-state index < -0.39 is 24.3 Å². The fourth-order valence-electron chi connectivity index (χ4n) is 3.16. The first-order chi connectivity index (χ1) is 17.1. The van der Waals surface area contributed by atoms with Crippen LogP contribution in [0.3, 0.4) is 0 Å². The lowest BCUT2D eigenvalue weighted by molar-refractivity contribution is -0.147. The van der Waals surface area contributed by atoms with Crippen LogP contribution in [0.15, 0.2) is 47.4 Å². The van der Waals surface area contributed by atoms with Gasteiger partial charge < -0.3 is 19.1 Å². The zero-order valence-corrected chi connectivity index (χ0v) is 21.8. The Balaban J connectivity index is 1.74. The Labute approximate surface area is 218 Å². The third-order valence-corrected chi connectivity index (χ3v) is 6.77. The molecule has 0 saturated carbocycles. The lowest BCUT2D eigenvalue weighted by Gasteiger charge is -2.17. The van der Waals surface area contributed by atoms with E-state index in [9.17, 15) is 18.8 Å². The fraction of sp³-hybridized carbons (Fsp3) is 0.280. The molecule has 0 unspecified atom stereocenters. The molecule has 0 spiro atoms. The van der Waals surface area contributed by atoms with Crippen LogP contribution in [-0.4, -0.2) is 66.3 Å². The number of thiocarbonyl (C=S) groups is 1. The molecule has 2 aromatic carbocycles. The summed E-state index contributed by atoms with van der Waals surface area (Å²) in [4.78, 5) is 39.9. The maximum atomic E-state index is 15.0. The van der Waals surface area contributed by atoms with E-state index in [0.29, 0.717) is 11.1 Å². The molecule has 36 heavy (non-hydrogen) atoms. The fourth-order valence-corrected chi connectivity index (χ4v) is 4.46. The number of halogens is 1. The molecular formula is C25H25FN2O6S2. The number of carbonyl (C=O) groups is 3. The van der Waals surface area contributed by atoms with Crippen molar-refractivity contribution in [3.05, 3.63) is 64.3 Å². The molecule has 3 rings (SSSR count). The van der Waals surface area contributed by atoms with Gasteiger partial charge in [-0.2, -0.15) is 0 Å². The highest BCUT2D eigenvalue weighted by Crippen LogP contribution is 2.40. The van der Waals surface area contributed by atoms with Gasteiger partial charge in [-0.25, -0.2) is 9.18 Å². The van der Waals surface area contributed by atoms with Gasteiger partial charge in [0.2, 0.25) is 5.91 Å². The van der Waals surface area contributed by atoms with Crippen LogP contribution in [0.25, 0.3) is 5.57 Å². The molecule has 0 bridgehead atoms. The summed E-state index contributed by atoms with van der Waals surface area (Å²) in [6.45, 7) is 1.02. The number of nitrogens with zero attached hydrogens (tertiary/aromatic N) is 2. The number of thioether (sulfide) groups is 1. The Bertz CT molecular complexity index is 1220. The number of hydrogen-bond donors (Lipinski definition) is 0. The van der Waals surface area contributed by atoms with E-state index >= 15 is 0 Å². The van der Waals surface area contributed by atoms with Crippen LogP contribution < -0.4 is 9.47 Å². The Kier molecular flexibility index (Phi) is 9.05. The topological polar surface area (TPSA) is 85.4 Å². The lowest BCUT2D eigenvalue weighted by atomic mass is 10.1. The van der Waals surface area contributed by atoms with Gasteiger partial charge in [-0.1, -0.05) is 54.3 Å². The van der Waals surface area contributed by atoms with E-state index in [0.717, 1.165) is 17.3 Å². The van der Waals surface area contributed by atoms with Gasteiger partial charge in [0.1, 0.15) is 17.5 Å². The average molecular weight is 533 g/mol. The molecule has 0 radical (unpaired) electrons. The number of rotatable bonds is 9. The van der Waals surface area contributed by atoms with Crippen molar-refractivity contribution in [1.82, 2.24) is 9.80 Å². The van der Waals surface area contributed by atoms with E-state index in [1.807, 2.05) is 30.3 Å². The minimum absolute atomic E-state index is 0.0403. The first-order valence-electron chi connectivity index (χ1n) is 10.8. The summed E-state index contributed by atoms with van der Waals surface area (Å²) in [5, 5.41) is 0. The van der Waals surface area contributed by atoms with Crippen molar-refractivity contribution < 1.29 is 33.0 Å². The predicted molar refractivity (Wildman–Crippen MR) is 138 cm³/mol. The molecule has 2 aromatic rings. The zero-order valence-electron chi connectivity index (χ0n) is 20.2. The van der Waals surface area contributed by atoms with Crippen molar-refractivity contribution >= 4 is 51.7 Å². The van der Waals surface area contributed by atoms with Gasteiger partial charge in [-0.05, 0) is 35.8 Å². The minimum Gasteiger partial charge on any atom is -0.493 e. The van der Waals surface area contributed by atoms with Crippen LogP contribution in [0.4, 0.5) is 4.39 Å². The summed E-state index contributed by atoms with van der Waals surface area (Å²) < 4.78 is 31.0. The Morgan fingerprint density at radius 3 is 2.50 bits per heavy atom. The van der Waals surface area contributed by atoms with Crippen LogP contribution in [0.1, 0.15) is 18.1 Å². The number of allylic oxidation sites excluding steroid dienone is 1. The van der Waals surface area contributed by atoms with Crippen molar-refractivity contribution in [3.8, 4) is 11.5 Å². The van der Waals surface area contributed by atoms with Crippen molar-refractivity contribution in [3.63, 3.8) is 0 Å². The number of methoxy groups -OCH3 is 1. The van der Waals surface area contributed by atoms with Crippen LogP contribution in [0, 0.1) is 5.82 Å². The summed E-state index contributed by atoms with van der Waals surface area (Å²) in [5.74, 6) is -2.37.